The maximum Gasteiger partial charge on any atom is 0.261 e. The van der Waals surface area contributed by atoms with Crippen molar-refractivity contribution >= 4 is 29.3 Å². The smallest absolute Gasteiger partial charge is 0.261 e. The van der Waals surface area contributed by atoms with Crippen molar-refractivity contribution in [2.45, 2.75) is 30.7 Å². The number of halogens is 1. The zero-order valence-corrected chi connectivity index (χ0v) is 13.0. The Labute approximate surface area is 127 Å². The van der Waals surface area contributed by atoms with Crippen LogP contribution in [0.1, 0.15) is 12.5 Å². The van der Waals surface area contributed by atoms with Crippen LogP contribution in [-0.2, 0) is 11.2 Å². The molecule has 2 rings (SSSR count). The fourth-order valence-electron chi connectivity index (χ4n) is 2.21. The highest BCUT2D eigenvalue weighted by Gasteiger charge is 2.30. The van der Waals surface area contributed by atoms with Gasteiger partial charge in [-0.05, 0) is 36.9 Å². The van der Waals surface area contributed by atoms with Gasteiger partial charge in [0.15, 0.2) is 6.10 Å². The summed E-state index contributed by atoms with van der Waals surface area (Å²) in [6.07, 6.45) is 1.91. The second-order valence-corrected chi connectivity index (χ2v) is 6.33. The molecule has 1 aliphatic rings. The van der Waals surface area contributed by atoms with Gasteiger partial charge < -0.3 is 15.2 Å². The Morgan fingerprint density at radius 2 is 2.40 bits per heavy atom. The van der Waals surface area contributed by atoms with Crippen molar-refractivity contribution in [2.24, 2.45) is 0 Å². The summed E-state index contributed by atoms with van der Waals surface area (Å²) in [5.74, 6) is 0.558. The van der Waals surface area contributed by atoms with Crippen LogP contribution in [0.15, 0.2) is 18.2 Å². The van der Waals surface area contributed by atoms with Gasteiger partial charge in [0.2, 0.25) is 0 Å². The number of thioether (sulfide) groups is 1. The molecule has 0 saturated carbocycles. The van der Waals surface area contributed by atoms with E-state index in [1.54, 1.807) is 12.1 Å². The number of carbonyl (C=O) groups is 1. The fourth-order valence-corrected chi connectivity index (χ4v) is 3.03. The quantitative estimate of drug-likeness (QED) is 0.871. The molecular formula is C14H18ClNO3S. The molecule has 3 atom stereocenters. The number of amides is 1. The molecular weight excluding hydrogens is 298 g/mol. The summed E-state index contributed by atoms with van der Waals surface area (Å²) < 4.78 is 5.63. The number of carbonyl (C=O) groups excluding carboxylic acids is 1. The number of hydrogen-bond acceptors (Lipinski definition) is 4. The van der Waals surface area contributed by atoms with Gasteiger partial charge in [-0.1, -0.05) is 11.6 Å². The lowest BCUT2D eigenvalue weighted by molar-refractivity contribution is -0.127. The average Bonchev–Trinajstić information content (AvgIpc) is 2.83. The highest BCUT2D eigenvalue weighted by Crippen LogP contribution is 2.31. The molecule has 110 valence electrons. The lowest BCUT2D eigenvalue weighted by Gasteiger charge is -2.22. The Morgan fingerprint density at radius 1 is 1.65 bits per heavy atom. The summed E-state index contributed by atoms with van der Waals surface area (Å²) >= 11 is 7.46. The van der Waals surface area contributed by atoms with E-state index in [1.807, 2.05) is 19.2 Å². The van der Waals surface area contributed by atoms with Crippen molar-refractivity contribution in [2.75, 3.05) is 12.9 Å². The molecule has 0 bridgehead atoms. The van der Waals surface area contributed by atoms with E-state index in [1.165, 1.54) is 11.8 Å². The minimum atomic E-state index is -0.521. The topological polar surface area (TPSA) is 58.6 Å². The number of rotatable bonds is 5. The van der Waals surface area contributed by atoms with Gasteiger partial charge in [0.25, 0.3) is 5.91 Å². The summed E-state index contributed by atoms with van der Waals surface area (Å²) in [5, 5.41) is 12.8. The summed E-state index contributed by atoms with van der Waals surface area (Å²) in [7, 11) is 0. The number of aliphatic hydroxyl groups excluding tert-OH is 1. The largest absolute Gasteiger partial charge is 0.480 e. The van der Waals surface area contributed by atoms with Crippen LogP contribution in [0.2, 0.25) is 5.02 Å². The molecule has 0 aliphatic carbocycles. The first-order valence-electron chi connectivity index (χ1n) is 6.44. The Kier molecular flexibility index (Phi) is 5.18. The molecule has 0 fully saturated rings. The summed E-state index contributed by atoms with van der Waals surface area (Å²) in [4.78, 5) is 12.2. The molecule has 1 aliphatic heterocycles. The van der Waals surface area contributed by atoms with Crippen LogP contribution >= 0.6 is 23.4 Å². The Balaban J connectivity index is 1.96. The first-order valence-corrected chi connectivity index (χ1v) is 8.11. The van der Waals surface area contributed by atoms with Gasteiger partial charge in [-0.15, -0.1) is 0 Å². The molecule has 0 radical (unpaired) electrons. The van der Waals surface area contributed by atoms with Crippen molar-refractivity contribution in [1.82, 2.24) is 5.32 Å². The number of fused-ring (bicyclic) bond motifs is 1. The highest BCUT2D eigenvalue weighted by molar-refractivity contribution is 7.99. The number of nitrogens with one attached hydrogen (secondary N) is 1. The fraction of sp³-hybridized carbons (Fsp3) is 0.500. The minimum Gasteiger partial charge on any atom is -0.480 e. The Morgan fingerprint density at radius 3 is 3.05 bits per heavy atom. The van der Waals surface area contributed by atoms with E-state index in [0.717, 1.165) is 5.56 Å². The summed E-state index contributed by atoms with van der Waals surface area (Å²) in [5.41, 5.74) is 0.953. The normalized spacial score (nSPS) is 19.9. The molecule has 0 aromatic heterocycles. The lowest BCUT2D eigenvalue weighted by Crippen LogP contribution is -2.46. The van der Waals surface area contributed by atoms with Crippen molar-refractivity contribution in [1.29, 1.82) is 0 Å². The van der Waals surface area contributed by atoms with Gasteiger partial charge in [-0.3, -0.25) is 4.79 Å². The predicted octanol–water partition coefficient (Wildman–Crippen LogP) is 1.87. The van der Waals surface area contributed by atoms with Gasteiger partial charge in [0.1, 0.15) is 5.75 Å². The third-order valence-electron chi connectivity index (χ3n) is 3.40. The molecule has 4 nitrogen and oxygen atoms in total. The zero-order valence-electron chi connectivity index (χ0n) is 11.4. The SMILES string of the molecule is CSC(CO)C(C)NC(=O)C1Cc2cc(Cl)ccc2O1. The lowest BCUT2D eigenvalue weighted by atomic mass is 10.1. The van der Waals surface area contributed by atoms with E-state index in [-0.39, 0.29) is 23.8 Å². The molecule has 0 spiro atoms. The molecule has 1 amide bonds. The maximum atomic E-state index is 12.2. The predicted molar refractivity (Wildman–Crippen MR) is 81.6 cm³/mol. The van der Waals surface area contributed by atoms with E-state index in [2.05, 4.69) is 5.32 Å². The van der Waals surface area contributed by atoms with E-state index in [0.29, 0.717) is 17.2 Å². The van der Waals surface area contributed by atoms with Crippen molar-refractivity contribution in [3.63, 3.8) is 0 Å². The van der Waals surface area contributed by atoms with Crippen LogP contribution in [0, 0.1) is 0 Å². The average molecular weight is 316 g/mol. The minimum absolute atomic E-state index is 0.0165. The third-order valence-corrected chi connectivity index (χ3v) is 4.80. The monoisotopic (exact) mass is 315 g/mol. The number of benzene rings is 1. The number of aliphatic hydroxyl groups is 1. The van der Waals surface area contributed by atoms with Crippen LogP contribution in [-0.4, -0.2) is 41.3 Å². The Hall–Kier alpha value is -0.910. The zero-order chi connectivity index (χ0) is 14.7. The van der Waals surface area contributed by atoms with E-state index >= 15 is 0 Å². The second kappa shape index (κ2) is 6.70. The third kappa shape index (κ3) is 3.40. The van der Waals surface area contributed by atoms with Gasteiger partial charge in [0, 0.05) is 22.7 Å². The van der Waals surface area contributed by atoms with Crippen LogP contribution in [0.25, 0.3) is 0 Å². The maximum absolute atomic E-state index is 12.2. The van der Waals surface area contributed by atoms with Gasteiger partial charge in [-0.25, -0.2) is 0 Å². The molecule has 1 aromatic rings. The van der Waals surface area contributed by atoms with Crippen LogP contribution < -0.4 is 10.1 Å². The van der Waals surface area contributed by atoms with Gasteiger partial charge in [0.05, 0.1) is 6.61 Å². The standard InChI is InChI=1S/C14H18ClNO3S/c1-8(13(7-17)20-2)16-14(18)12-6-9-5-10(15)3-4-11(9)19-12/h3-5,8,12-13,17H,6-7H2,1-2H3,(H,16,18). The molecule has 6 heteroatoms. The second-order valence-electron chi connectivity index (χ2n) is 4.82. The number of hydrogen-bond donors (Lipinski definition) is 2. The molecule has 3 unspecified atom stereocenters. The van der Waals surface area contributed by atoms with Gasteiger partial charge in [-0.2, -0.15) is 11.8 Å². The van der Waals surface area contributed by atoms with E-state index < -0.39 is 6.10 Å². The first-order chi connectivity index (χ1) is 9.55. The molecule has 0 saturated heterocycles. The van der Waals surface area contributed by atoms with Crippen LogP contribution in [0.3, 0.4) is 0 Å². The van der Waals surface area contributed by atoms with Gasteiger partial charge >= 0.3 is 0 Å². The molecule has 1 aromatic carbocycles. The summed E-state index contributed by atoms with van der Waals surface area (Å²) in [6.45, 7) is 1.91. The molecule has 2 N–H and O–H groups in total. The summed E-state index contributed by atoms with van der Waals surface area (Å²) in [6, 6.07) is 5.25. The van der Waals surface area contributed by atoms with Crippen molar-refractivity contribution < 1.29 is 14.6 Å². The Bertz CT molecular complexity index is 493. The first kappa shape index (κ1) is 15.5. The molecule has 20 heavy (non-hydrogen) atoms. The van der Waals surface area contributed by atoms with Crippen molar-refractivity contribution in [3.8, 4) is 5.75 Å². The molecule has 1 heterocycles. The van der Waals surface area contributed by atoms with Crippen molar-refractivity contribution in [3.05, 3.63) is 28.8 Å². The highest BCUT2D eigenvalue weighted by atomic mass is 35.5. The van der Waals surface area contributed by atoms with Crippen LogP contribution in [0.5, 0.6) is 5.75 Å². The number of ether oxygens (including phenoxy) is 1. The van der Waals surface area contributed by atoms with E-state index in [4.69, 9.17) is 16.3 Å². The van der Waals surface area contributed by atoms with E-state index in [9.17, 15) is 9.90 Å². The van der Waals surface area contributed by atoms with Crippen LogP contribution in [0.4, 0.5) is 0 Å².